The molecule has 0 aliphatic rings. The zero-order valence-corrected chi connectivity index (χ0v) is 11.0. The van der Waals surface area contributed by atoms with Gasteiger partial charge in [0, 0.05) is 21.0 Å². The molecule has 8 nitrogen and oxygen atoms in total. The van der Waals surface area contributed by atoms with Crippen molar-refractivity contribution < 1.29 is 19.4 Å². The van der Waals surface area contributed by atoms with Gasteiger partial charge in [0.1, 0.15) is 6.23 Å². The predicted octanol–water partition coefficient (Wildman–Crippen LogP) is -2.28. The third kappa shape index (κ3) is 7.17. The summed E-state index contributed by atoms with van der Waals surface area (Å²) in [5.74, 6) is -0.551. The van der Waals surface area contributed by atoms with Gasteiger partial charge in [0.2, 0.25) is 11.8 Å². The molecule has 8 heteroatoms. The number of aliphatic hydroxyl groups is 1. The fraction of sp³-hybridized carbons (Fsp3) is 0.800. The van der Waals surface area contributed by atoms with Gasteiger partial charge in [0.25, 0.3) is 0 Å². The van der Waals surface area contributed by atoms with Gasteiger partial charge in [-0.2, -0.15) is 0 Å². The Labute approximate surface area is 107 Å². The maximum absolute atomic E-state index is 11.2. The van der Waals surface area contributed by atoms with Crippen molar-refractivity contribution in [2.75, 3.05) is 40.4 Å². The average Bonchev–Trinajstić information content (AvgIpc) is 2.27. The number of aliphatic hydroxyl groups excluding tert-OH is 1. The molecule has 1 unspecified atom stereocenters. The standard InChI is InChI=1S/C10H22N4O4/c1-8(15)14(13(2)3)4-5-18-7-10(17)12-9(16)6-11/h10,17H,4-7,11H2,1-3H3,(H,12,16). The van der Waals surface area contributed by atoms with Crippen LogP contribution in [0.2, 0.25) is 0 Å². The molecule has 0 aliphatic heterocycles. The van der Waals surface area contributed by atoms with Crippen LogP contribution in [0, 0.1) is 0 Å². The Morgan fingerprint density at radius 2 is 2.06 bits per heavy atom. The van der Waals surface area contributed by atoms with Crippen molar-refractivity contribution >= 4 is 11.8 Å². The van der Waals surface area contributed by atoms with E-state index in [1.165, 1.54) is 11.9 Å². The van der Waals surface area contributed by atoms with Crippen molar-refractivity contribution in [2.24, 2.45) is 5.73 Å². The van der Waals surface area contributed by atoms with Gasteiger partial charge in [-0.3, -0.25) is 14.6 Å². The van der Waals surface area contributed by atoms with E-state index in [9.17, 15) is 14.7 Å². The molecule has 0 radical (unpaired) electrons. The third-order valence-electron chi connectivity index (χ3n) is 2.08. The molecule has 0 saturated carbocycles. The normalized spacial score (nSPS) is 12.3. The molecule has 0 aromatic heterocycles. The largest absolute Gasteiger partial charge is 0.375 e. The number of carbonyl (C=O) groups excluding carboxylic acids is 2. The number of hydrazine groups is 1. The summed E-state index contributed by atoms with van der Waals surface area (Å²) in [5.41, 5.74) is 5.07. The SMILES string of the molecule is CC(=O)N(CCOCC(O)NC(=O)CN)N(C)C. The van der Waals surface area contributed by atoms with Crippen LogP contribution in [-0.2, 0) is 14.3 Å². The number of rotatable bonds is 8. The number of nitrogens with one attached hydrogen (secondary N) is 1. The van der Waals surface area contributed by atoms with Crippen LogP contribution in [0.1, 0.15) is 6.92 Å². The lowest BCUT2D eigenvalue weighted by Gasteiger charge is -2.27. The summed E-state index contributed by atoms with van der Waals surface area (Å²) in [6.07, 6.45) is -1.09. The number of nitrogens with zero attached hydrogens (tertiary/aromatic N) is 2. The van der Waals surface area contributed by atoms with Crippen molar-refractivity contribution in [2.45, 2.75) is 13.2 Å². The zero-order valence-electron chi connectivity index (χ0n) is 11.0. The van der Waals surface area contributed by atoms with Gasteiger partial charge >= 0.3 is 0 Å². The molecule has 0 bridgehead atoms. The van der Waals surface area contributed by atoms with E-state index < -0.39 is 12.1 Å². The van der Waals surface area contributed by atoms with Gasteiger partial charge in [-0.1, -0.05) is 0 Å². The average molecular weight is 262 g/mol. The van der Waals surface area contributed by atoms with E-state index in [1.807, 2.05) is 0 Å². The lowest BCUT2D eigenvalue weighted by molar-refractivity contribution is -0.144. The van der Waals surface area contributed by atoms with Crippen LogP contribution in [0.25, 0.3) is 0 Å². The zero-order chi connectivity index (χ0) is 14.1. The van der Waals surface area contributed by atoms with Crippen LogP contribution in [-0.4, -0.2) is 73.6 Å². The lowest BCUT2D eigenvalue weighted by Crippen LogP contribution is -2.44. The van der Waals surface area contributed by atoms with Gasteiger partial charge in [0.05, 0.1) is 26.3 Å². The van der Waals surface area contributed by atoms with Crippen molar-refractivity contribution in [3.8, 4) is 0 Å². The first-order valence-electron chi connectivity index (χ1n) is 5.59. The number of nitrogens with two attached hydrogens (primary N) is 1. The van der Waals surface area contributed by atoms with E-state index in [0.29, 0.717) is 6.54 Å². The molecule has 0 fully saturated rings. The van der Waals surface area contributed by atoms with Gasteiger partial charge in [-0.05, 0) is 0 Å². The Morgan fingerprint density at radius 1 is 1.44 bits per heavy atom. The molecular weight excluding hydrogens is 240 g/mol. The van der Waals surface area contributed by atoms with E-state index in [2.05, 4.69) is 5.32 Å². The molecular formula is C10H22N4O4. The molecule has 0 aromatic carbocycles. The highest BCUT2D eigenvalue weighted by atomic mass is 16.5. The maximum Gasteiger partial charge on any atom is 0.235 e. The number of amides is 2. The Bertz CT molecular complexity index is 273. The minimum atomic E-state index is -1.09. The lowest BCUT2D eigenvalue weighted by atomic mass is 10.5. The van der Waals surface area contributed by atoms with Crippen LogP contribution >= 0.6 is 0 Å². The third-order valence-corrected chi connectivity index (χ3v) is 2.08. The first-order chi connectivity index (χ1) is 8.38. The highest BCUT2D eigenvalue weighted by molar-refractivity contribution is 5.77. The molecule has 106 valence electrons. The summed E-state index contributed by atoms with van der Waals surface area (Å²) < 4.78 is 5.15. The van der Waals surface area contributed by atoms with E-state index in [1.54, 1.807) is 19.1 Å². The second-order valence-corrected chi connectivity index (χ2v) is 3.85. The minimum Gasteiger partial charge on any atom is -0.375 e. The number of hydrogen-bond acceptors (Lipinski definition) is 6. The van der Waals surface area contributed by atoms with Crippen molar-refractivity contribution in [3.63, 3.8) is 0 Å². The van der Waals surface area contributed by atoms with Gasteiger partial charge < -0.3 is 20.9 Å². The van der Waals surface area contributed by atoms with Crippen LogP contribution in [0.3, 0.4) is 0 Å². The van der Waals surface area contributed by atoms with Crippen LogP contribution in [0.5, 0.6) is 0 Å². The van der Waals surface area contributed by atoms with Crippen molar-refractivity contribution in [1.29, 1.82) is 0 Å². The molecule has 0 saturated heterocycles. The number of carbonyl (C=O) groups is 2. The quantitative estimate of drug-likeness (QED) is 0.258. The Kier molecular flexibility index (Phi) is 8.21. The summed E-state index contributed by atoms with van der Waals surface area (Å²) in [6, 6.07) is 0. The summed E-state index contributed by atoms with van der Waals surface area (Å²) in [6.45, 7) is 1.85. The van der Waals surface area contributed by atoms with Gasteiger partial charge in [-0.15, -0.1) is 0 Å². The molecule has 1 atom stereocenters. The molecule has 0 spiro atoms. The maximum atomic E-state index is 11.2. The second-order valence-electron chi connectivity index (χ2n) is 3.85. The molecule has 2 amide bonds. The Hall–Kier alpha value is -1.22. The van der Waals surface area contributed by atoms with Crippen molar-refractivity contribution in [1.82, 2.24) is 15.3 Å². The topological polar surface area (TPSA) is 108 Å². The summed E-state index contributed by atoms with van der Waals surface area (Å²) >= 11 is 0. The Balaban J connectivity index is 3.78. The summed E-state index contributed by atoms with van der Waals surface area (Å²) in [5, 5.41) is 14.7. The first kappa shape index (κ1) is 16.8. The smallest absolute Gasteiger partial charge is 0.235 e. The van der Waals surface area contributed by atoms with Crippen LogP contribution in [0.15, 0.2) is 0 Å². The predicted molar refractivity (Wildman–Crippen MR) is 65.1 cm³/mol. The fourth-order valence-electron chi connectivity index (χ4n) is 1.27. The highest BCUT2D eigenvalue weighted by Crippen LogP contribution is 1.93. The van der Waals surface area contributed by atoms with E-state index >= 15 is 0 Å². The van der Waals surface area contributed by atoms with Crippen molar-refractivity contribution in [3.05, 3.63) is 0 Å². The fourth-order valence-corrected chi connectivity index (χ4v) is 1.27. The van der Waals surface area contributed by atoms with E-state index in [0.717, 1.165) is 0 Å². The molecule has 0 aliphatic carbocycles. The first-order valence-corrected chi connectivity index (χ1v) is 5.59. The summed E-state index contributed by atoms with van der Waals surface area (Å²) in [4.78, 5) is 22.0. The van der Waals surface area contributed by atoms with E-state index in [-0.39, 0.29) is 25.7 Å². The molecule has 0 heterocycles. The molecule has 0 rings (SSSR count). The molecule has 18 heavy (non-hydrogen) atoms. The molecule has 0 aromatic rings. The second kappa shape index (κ2) is 8.81. The highest BCUT2D eigenvalue weighted by Gasteiger charge is 2.11. The molecule has 4 N–H and O–H groups in total. The summed E-state index contributed by atoms with van der Waals surface area (Å²) in [7, 11) is 3.50. The van der Waals surface area contributed by atoms with Crippen LogP contribution < -0.4 is 11.1 Å². The van der Waals surface area contributed by atoms with E-state index in [4.69, 9.17) is 10.5 Å². The number of hydrogen-bond donors (Lipinski definition) is 3. The monoisotopic (exact) mass is 262 g/mol. The van der Waals surface area contributed by atoms with Gasteiger partial charge in [0.15, 0.2) is 0 Å². The Morgan fingerprint density at radius 3 is 2.50 bits per heavy atom. The minimum absolute atomic E-state index is 0.0507. The van der Waals surface area contributed by atoms with Crippen LogP contribution in [0.4, 0.5) is 0 Å². The van der Waals surface area contributed by atoms with Gasteiger partial charge in [-0.25, -0.2) is 5.01 Å². The number of ether oxygens (including phenoxy) is 1.